The van der Waals surface area contributed by atoms with E-state index in [1.165, 1.54) is 4.90 Å². The number of pyridine rings is 1. The second kappa shape index (κ2) is 7.55. The standard InChI is InChI=1S/C20H19N3O4S/c24-20(17-13-18(27-22-17)16-7-4-9-21-14-16)23-10-8-19(28(25,26)12-11-23)15-5-2-1-3-6-15/h1-7,9,13-14,19H,8,10-12H2. The Morgan fingerprint density at radius 2 is 1.93 bits per heavy atom. The predicted molar refractivity (Wildman–Crippen MR) is 103 cm³/mol. The molecule has 0 saturated carbocycles. The lowest BCUT2D eigenvalue weighted by Crippen LogP contribution is -2.33. The molecule has 0 spiro atoms. The van der Waals surface area contributed by atoms with E-state index in [4.69, 9.17) is 4.52 Å². The topological polar surface area (TPSA) is 93.4 Å². The molecular weight excluding hydrogens is 378 g/mol. The summed E-state index contributed by atoms with van der Waals surface area (Å²) >= 11 is 0. The number of sulfone groups is 1. The molecule has 0 N–H and O–H groups in total. The van der Waals surface area contributed by atoms with E-state index >= 15 is 0 Å². The van der Waals surface area contributed by atoms with Crippen molar-refractivity contribution in [3.8, 4) is 11.3 Å². The van der Waals surface area contributed by atoms with E-state index < -0.39 is 15.1 Å². The Balaban J connectivity index is 1.53. The third kappa shape index (κ3) is 3.68. The van der Waals surface area contributed by atoms with Crippen molar-refractivity contribution in [3.05, 3.63) is 72.2 Å². The lowest BCUT2D eigenvalue weighted by atomic mass is 10.1. The molecule has 4 rings (SSSR count). The van der Waals surface area contributed by atoms with Gasteiger partial charge in [0.25, 0.3) is 5.91 Å². The molecule has 1 fully saturated rings. The SMILES string of the molecule is O=C(c1cc(-c2cccnc2)on1)N1CCC(c2ccccc2)S(=O)(=O)CC1. The third-order valence-corrected chi connectivity index (χ3v) is 7.00. The van der Waals surface area contributed by atoms with Crippen molar-refractivity contribution in [2.24, 2.45) is 0 Å². The van der Waals surface area contributed by atoms with E-state index in [0.717, 1.165) is 11.1 Å². The maximum absolute atomic E-state index is 12.8. The van der Waals surface area contributed by atoms with Crippen molar-refractivity contribution in [1.29, 1.82) is 0 Å². The Morgan fingerprint density at radius 3 is 2.68 bits per heavy atom. The van der Waals surface area contributed by atoms with E-state index in [-0.39, 0.29) is 23.9 Å². The molecule has 3 aromatic rings. The fraction of sp³-hybridized carbons (Fsp3) is 0.250. The quantitative estimate of drug-likeness (QED) is 0.675. The normalized spacial score (nSPS) is 19.1. The molecule has 1 atom stereocenters. The number of benzene rings is 1. The molecule has 1 unspecified atom stereocenters. The van der Waals surface area contributed by atoms with E-state index in [2.05, 4.69) is 10.1 Å². The van der Waals surface area contributed by atoms with Gasteiger partial charge in [0.15, 0.2) is 21.3 Å². The first kappa shape index (κ1) is 18.4. The Labute approximate surface area is 162 Å². The maximum atomic E-state index is 12.8. The summed E-state index contributed by atoms with van der Waals surface area (Å²) in [6.45, 7) is 0.478. The molecule has 7 nitrogen and oxygen atoms in total. The van der Waals surface area contributed by atoms with Crippen LogP contribution in [-0.2, 0) is 9.84 Å². The first-order chi connectivity index (χ1) is 13.5. The third-order valence-electron chi connectivity index (χ3n) is 4.87. The number of rotatable bonds is 3. The highest BCUT2D eigenvalue weighted by atomic mass is 32.2. The van der Waals surface area contributed by atoms with Crippen LogP contribution in [-0.4, -0.2) is 48.2 Å². The number of hydrogen-bond acceptors (Lipinski definition) is 6. The number of amides is 1. The Kier molecular flexibility index (Phi) is 4.95. The summed E-state index contributed by atoms with van der Waals surface area (Å²) in [4.78, 5) is 18.4. The molecule has 0 bridgehead atoms. The molecule has 2 aromatic heterocycles. The minimum Gasteiger partial charge on any atom is -0.355 e. The van der Waals surface area contributed by atoms with Crippen molar-refractivity contribution in [3.63, 3.8) is 0 Å². The van der Waals surface area contributed by atoms with Crippen molar-refractivity contribution in [2.45, 2.75) is 11.7 Å². The van der Waals surface area contributed by atoms with Gasteiger partial charge in [-0.25, -0.2) is 8.42 Å². The highest BCUT2D eigenvalue weighted by Crippen LogP contribution is 2.30. The van der Waals surface area contributed by atoms with Gasteiger partial charge in [-0.2, -0.15) is 0 Å². The summed E-state index contributed by atoms with van der Waals surface area (Å²) in [7, 11) is -3.35. The molecule has 1 aliphatic heterocycles. The van der Waals surface area contributed by atoms with Crippen molar-refractivity contribution in [2.75, 3.05) is 18.8 Å². The van der Waals surface area contributed by atoms with E-state index in [1.54, 1.807) is 24.5 Å². The number of carbonyl (C=O) groups is 1. The molecule has 3 heterocycles. The Morgan fingerprint density at radius 1 is 1.11 bits per heavy atom. The molecule has 1 saturated heterocycles. The van der Waals surface area contributed by atoms with Crippen molar-refractivity contribution < 1.29 is 17.7 Å². The summed E-state index contributed by atoms with van der Waals surface area (Å²) in [6, 6.07) is 14.3. The fourth-order valence-corrected chi connectivity index (χ4v) is 5.17. The fourth-order valence-electron chi connectivity index (χ4n) is 3.37. The minimum atomic E-state index is -3.35. The van der Waals surface area contributed by atoms with Gasteiger partial charge < -0.3 is 9.42 Å². The predicted octanol–water partition coefficient (Wildman–Crippen LogP) is 2.74. The molecule has 0 radical (unpaired) electrons. The van der Waals surface area contributed by atoms with Gasteiger partial charge in [-0.15, -0.1) is 0 Å². The van der Waals surface area contributed by atoms with Crippen LogP contribution in [0.4, 0.5) is 0 Å². The molecule has 1 amide bonds. The zero-order valence-corrected chi connectivity index (χ0v) is 15.9. The van der Waals surface area contributed by atoms with Gasteiger partial charge in [0.2, 0.25) is 0 Å². The molecular formula is C20H19N3O4S. The first-order valence-electron chi connectivity index (χ1n) is 8.97. The minimum absolute atomic E-state index is 0.0778. The lowest BCUT2D eigenvalue weighted by molar-refractivity contribution is 0.0756. The monoisotopic (exact) mass is 397 g/mol. The number of carbonyl (C=O) groups excluding carboxylic acids is 1. The Bertz CT molecular complexity index is 1070. The van der Waals surface area contributed by atoms with Crippen LogP contribution in [0.2, 0.25) is 0 Å². The van der Waals surface area contributed by atoms with E-state index in [9.17, 15) is 13.2 Å². The number of nitrogens with zero attached hydrogens (tertiary/aromatic N) is 3. The lowest BCUT2D eigenvalue weighted by Gasteiger charge is -2.18. The highest BCUT2D eigenvalue weighted by Gasteiger charge is 2.33. The summed E-state index contributed by atoms with van der Waals surface area (Å²) < 4.78 is 30.7. The van der Waals surface area contributed by atoms with E-state index in [1.807, 2.05) is 36.4 Å². The second-order valence-electron chi connectivity index (χ2n) is 6.67. The van der Waals surface area contributed by atoms with Gasteiger partial charge >= 0.3 is 0 Å². The average Bonchev–Trinajstić information content (AvgIpc) is 3.15. The zero-order valence-electron chi connectivity index (χ0n) is 15.1. The van der Waals surface area contributed by atoms with Crippen LogP contribution in [0, 0.1) is 0 Å². The summed E-state index contributed by atoms with van der Waals surface area (Å²) in [5.41, 5.74) is 1.64. The molecule has 144 valence electrons. The van der Waals surface area contributed by atoms with Gasteiger partial charge in [-0.05, 0) is 24.1 Å². The number of hydrogen-bond donors (Lipinski definition) is 0. The van der Waals surface area contributed by atoms with Crippen LogP contribution in [0.5, 0.6) is 0 Å². The molecule has 1 aliphatic rings. The largest absolute Gasteiger partial charge is 0.355 e. The van der Waals surface area contributed by atoms with Crippen LogP contribution < -0.4 is 0 Å². The van der Waals surface area contributed by atoms with Crippen LogP contribution in [0.3, 0.4) is 0 Å². The maximum Gasteiger partial charge on any atom is 0.276 e. The molecule has 28 heavy (non-hydrogen) atoms. The summed E-state index contributed by atoms with van der Waals surface area (Å²) in [5, 5.41) is 3.27. The highest BCUT2D eigenvalue weighted by molar-refractivity contribution is 7.91. The molecule has 8 heteroatoms. The van der Waals surface area contributed by atoms with E-state index in [0.29, 0.717) is 18.7 Å². The summed E-state index contributed by atoms with van der Waals surface area (Å²) in [5.74, 6) is 0.0369. The van der Waals surface area contributed by atoms with Crippen molar-refractivity contribution in [1.82, 2.24) is 15.0 Å². The summed E-state index contributed by atoms with van der Waals surface area (Å²) in [6.07, 6.45) is 3.62. The van der Waals surface area contributed by atoms with Gasteiger partial charge in [0.05, 0.1) is 11.0 Å². The van der Waals surface area contributed by atoms with Crippen LogP contribution in [0.25, 0.3) is 11.3 Å². The second-order valence-corrected chi connectivity index (χ2v) is 8.97. The number of aromatic nitrogens is 2. The van der Waals surface area contributed by atoms with Crippen LogP contribution in [0.1, 0.15) is 27.7 Å². The Hall–Kier alpha value is -3.00. The van der Waals surface area contributed by atoms with Gasteiger partial charge in [0, 0.05) is 37.1 Å². The molecule has 0 aliphatic carbocycles. The molecule has 1 aromatic carbocycles. The zero-order chi connectivity index (χ0) is 19.6. The van der Waals surface area contributed by atoms with Gasteiger partial charge in [-0.1, -0.05) is 35.5 Å². The first-order valence-corrected chi connectivity index (χ1v) is 10.7. The smallest absolute Gasteiger partial charge is 0.276 e. The van der Waals surface area contributed by atoms with Gasteiger partial charge in [0.1, 0.15) is 0 Å². The van der Waals surface area contributed by atoms with Gasteiger partial charge in [-0.3, -0.25) is 9.78 Å². The van der Waals surface area contributed by atoms with Crippen LogP contribution >= 0.6 is 0 Å². The average molecular weight is 397 g/mol. The van der Waals surface area contributed by atoms with Crippen LogP contribution in [0.15, 0.2) is 65.4 Å². The van der Waals surface area contributed by atoms with Crippen molar-refractivity contribution >= 4 is 15.7 Å².